The lowest BCUT2D eigenvalue weighted by Crippen LogP contribution is -2.35. The van der Waals surface area contributed by atoms with Gasteiger partial charge in [0.2, 0.25) is 0 Å². The first-order valence-electron chi connectivity index (χ1n) is 7.16. The van der Waals surface area contributed by atoms with Gasteiger partial charge in [-0.3, -0.25) is 0 Å². The van der Waals surface area contributed by atoms with Gasteiger partial charge >= 0.3 is 0 Å². The van der Waals surface area contributed by atoms with Crippen molar-refractivity contribution in [1.29, 1.82) is 0 Å². The van der Waals surface area contributed by atoms with Gasteiger partial charge in [-0.2, -0.15) is 0 Å². The summed E-state index contributed by atoms with van der Waals surface area (Å²) in [6.07, 6.45) is 8.03. The zero-order valence-corrected chi connectivity index (χ0v) is 11.5. The molecule has 1 aliphatic rings. The van der Waals surface area contributed by atoms with E-state index in [2.05, 4.69) is 12.2 Å². The third kappa shape index (κ3) is 7.02. The highest BCUT2D eigenvalue weighted by atomic mass is 16.5. The van der Waals surface area contributed by atoms with Crippen molar-refractivity contribution in [3.63, 3.8) is 0 Å². The minimum atomic E-state index is 0.703. The van der Waals surface area contributed by atoms with Crippen molar-refractivity contribution in [3.8, 4) is 0 Å². The highest BCUT2D eigenvalue weighted by molar-refractivity contribution is 4.77. The Kier molecular flexibility index (Phi) is 8.67. The number of hydrogen-bond donors (Lipinski definition) is 1. The molecule has 3 heteroatoms. The summed E-state index contributed by atoms with van der Waals surface area (Å²) in [6, 6.07) is 0.757. The lowest BCUT2D eigenvalue weighted by Gasteiger charge is -2.29. The van der Waals surface area contributed by atoms with Gasteiger partial charge in [0.1, 0.15) is 0 Å². The summed E-state index contributed by atoms with van der Waals surface area (Å²) in [5.74, 6) is 0.958. The van der Waals surface area contributed by atoms with Crippen LogP contribution in [0.15, 0.2) is 0 Å². The Bertz CT molecular complexity index is 176. The van der Waals surface area contributed by atoms with Gasteiger partial charge in [0, 0.05) is 19.8 Å². The molecule has 0 aromatic heterocycles. The van der Waals surface area contributed by atoms with E-state index >= 15 is 0 Å². The summed E-state index contributed by atoms with van der Waals surface area (Å²) in [5, 5.41) is 3.67. The quantitative estimate of drug-likeness (QED) is 0.631. The van der Waals surface area contributed by atoms with E-state index in [4.69, 9.17) is 9.47 Å². The van der Waals surface area contributed by atoms with Crippen molar-refractivity contribution in [1.82, 2.24) is 5.32 Å². The van der Waals surface area contributed by atoms with E-state index in [0.29, 0.717) is 6.61 Å². The topological polar surface area (TPSA) is 30.5 Å². The Balaban J connectivity index is 1.91. The largest absolute Gasteiger partial charge is 0.382 e. The van der Waals surface area contributed by atoms with Gasteiger partial charge in [-0.15, -0.1) is 0 Å². The Morgan fingerprint density at radius 1 is 1.18 bits per heavy atom. The fourth-order valence-corrected chi connectivity index (χ4v) is 2.57. The van der Waals surface area contributed by atoms with Crippen molar-refractivity contribution >= 4 is 0 Å². The number of methoxy groups -OCH3 is 1. The van der Waals surface area contributed by atoms with Crippen molar-refractivity contribution in [2.45, 2.75) is 51.5 Å². The van der Waals surface area contributed by atoms with Crippen LogP contribution in [0.3, 0.4) is 0 Å². The molecule has 3 nitrogen and oxygen atoms in total. The van der Waals surface area contributed by atoms with Crippen LogP contribution < -0.4 is 5.32 Å². The van der Waals surface area contributed by atoms with E-state index in [9.17, 15) is 0 Å². The molecule has 0 bridgehead atoms. The molecular formula is C14H29NO2. The summed E-state index contributed by atoms with van der Waals surface area (Å²) in [7, 11) is 1.71. The lowest BCUT2D eigenvalue weighted by atomic mass is 9.84. The van der Waals surface area contributed by atoms with Crippen LogP contribution in [0.4, 0.5) is 0 Å². The predicted octanol–water partition coefficient (Wildman–Crippen LogP) is 2.60. The number of hydrogen-bond acceptors (Lipinski definition) is 3. The van der Waals surface area contributed by atoms with Crippen LogP contribution in [0.5, 0.6) is 0 Å². The lowest BCUT2D eigenvalue weighted by molar-refractivity contribution is 0.0690. The number of rotatable bonds is 9. The van der Waals surface area contributed by atoms with Crippen LogP contribution in [0, 0.1) is 5.92 Å². The molecule has 0 spiro atoms. The minimum absolute atomic E-state index is 0.703. The highest BCUT2D eigenvalue weighted by Gasteiger charge is 2.19. The maximum absolute atomic E-state index is 5.44. The number of nitrogens with one attached hydrogen (secondary N) is 1. The molecule has 0 saturated heterocycles. The Morgan fingerprint density at radius 2 is 2.06 bits per heavy atom. The molecule has 1 rings (SSSR count). The molecular weight excluding hydrogens is 214 g/mol. The molecule has 1 N–H and O–H groups in total. The monoisotopic (exact) mass is 243 g/mol. The molecule has 1 aliphatic carbocycles. The maximum atomic E-state index is 5.44. The molecule has 0 aliphatic heterocycles. The van der Waals surface area contributed by atoms with Gasteiger partial charge in [0.15, 0.2) is 0 Å². The zero-order valence-electron chi connectivity index (χ0n) is 11.5. The molecule has 1 fully saturated rings. The second-order valence-electron chi connectivity index (χ2n) is 5.05. The molecule has 0 aromatic rings. The molecule has 102 valence electrons. The van der Waals surface area contributed by atoms with Crippen LogP contribution >= 0.6 is 0 Å². The van der Waals surface area contributed by atoms with Crippen LogP contribution in [-0.4, -0.2) is 39.5 Å². The predicted molar refractivity (Wildman–Crippen MR) is 71.4 cm³/mol. The number of ether oxygens (including phenoxy) is 2. The smallest absolute Gasteiger partial charge is 0.0700 e. The fourth-order valence-electron chi connectivity index (χ4n) is 2.57. The first-order chi connectivity index (χ1) is 8.36. The molecule has 2 atom stereocenters. The van der Waals surface area contributed by atoms with E-state index in [-0.39, 0.29) is 0 Å². The summed E-state index contributed by atoms with van der Waals surface area (Å²) >= 11 is 0. The van der Waals surface area contributed by atoms with Gasteiger partial charge in [-0.25, -0.2) is 0 Å². The van der Waals surface area contributed by atoms with E-state index in [0.717, 1.165) is 38.1 Å². The third-order valence-corrected chi connectivity index (χ3v) is 3.69. The van der Waals surface area contributed by atoms with E-state index in [1.807, 2.05) is 0 Å². The van der Waals surface area contributed by atoms with Crippen LogP contribution in [0.25, 0.3) is 0 Å². The summed E-state index contributed by atoms with van der Waals surface area (Å²) < 4.78 is 10.4. The molecule has 0 amide bonds. The van der Waals surface area contributed by atoms with Gasteiger partial charge in [-0.05, 0) is 31.7 Å². The van der Waals surface area contributed by atoms with Gasteiger partial charge in [0.25, 0.3) is 0 Å². The summed E-state index contributed by atoms with van der Waals surface area (Å²) in [4.78, 5) is 0. The van der Waals surface area contributed by atoms with Gasteiger partial charge < -0.3 is 14.8 Å². The zero-order chi connectivity index (χ0) is 12.3. The van der Waals surface area contributed by atoms with E-state index in [1.54, 1.807) is 7.11 Å². The van der Waals surface area contributed by atoms with Crippen LogP contribution in [0.2, 0.25) is 0 Å². The van der Waals surface area contributed by atoms with Crippen molar-refractivity contribution in [2.75, 3.05) is 33.5 Å². The molecule has 0 heterocycles. The SMILES string of the molecule is CCC1CCCC(NCCCOCCOC)C1. The van der Waals surface area contributed by atoms with E-state index < -0.39 is 0 Å². The van der Waals surface area contributed by atoms with Crippen LogP contribution in [-0.2, 0) is 9.47 Å². The fraction of sp³-hybridized carbons (Fsp3) is 1.00. The second-order valence-corrected chi connectivity index (χ2v) is 5.05. The Labute approximate surface area is 106 Å². The normalized spacial score (nSPS) is 25.1. The average Bonchev–Trinajstić information content (AvgIpc) is 2.38. The van der Waals surface area contributed by atoms with Gasteiger partial charge in [-0.1, -0.05) is 26.2 Å². The third-order valence-electron chi connectivity index (χ3n) is 3.69. The van der Waals surface area contributed by atoms with Gasteiger partial charge in [0.05, 0.1) is 13.2 Å². The average molecular weight is 243 g/mol. The van der Waals surface area contributed by atoms with Crippen molar-refractivity contribution in [3.05, 3.63) is 0 Å². The Hall–Kier alpha value is -0.120. The Morgan fingerprint density at radius 3 is 2.82 bits per heavy atom. The molecule has 17 heavy (non-hydrogen) atoms. The molecule has 1 saturated carbocycles. The van der Waals surface area contributed by atoms with Crippen molar-refractivity contribution in [2.24, 2.45) is 5.92 Å². The minimum Gasteiger partial charge on any atom is -0.382 e. The van der Waals surface area contributed by atoms with Crippen LogP contribution in [0.1, 0.15) is 45.4 Å². The summed E-state index contributed by atoms with van der Waals surface area (Å²) in [5.41, 5.74) is 0. The molecule has 2 unspecified atom stereocenters. The summed E-state index contributed by atoms with van der Waals surface area (Å²) in [6.45, 7) is 5.68. The maximum Gasteiger partial charge on any atom is 0.0700 e. The molecule has 0 aromatic carbocycles. The first kappa shape index (κ1) is 14.9. The van der Waals surface area contributed by atoms with Crippen molar-refractivity contribution < 1.29 is 9.47 Å². The highest BCUT2D eigenvalue weighted by Crippen LogP contribution is 2.26. The second kappa shape index (κ2) is 9.86. The molecule has 0 radical (unpaired) electrons. The standard InChI is InChI=1S/C14H29NO2/c1-3-13-6-4-7-14(12-13)15-8-5-9-17-11-10-16-2/h13-15H,3-12H2,1-2H3. The van der Waals surface area contributed by atoms with E-state index in [1.165, 1.54) is 32.1 Å². The first-order valence-corrected chi connectivity index (χ1v) is 7.16.